The lowest BCUT2D eigenvalue weighted by atomic mass is 10.1. The van der Waals surface area contributed by atoms with Gasteiger partial charge in [0.05, 0.1) is 11.4 Å². The molecule has 0 aromatic heterocycles. The van der Waals surface area contributed by atoms with Gasteiger partial charge in [-0.3, -0.25) is 0 Å². The van der Waals surface area contributed by atoms with Gasteiger partial charge in [-0.2, -0.15) is 0 Å². The van der Waals surface area contributed by atoms with Crippen LogP contribution in [0.5, 0.6) is 0 Å². The molecule has 0 radical (unpaired) electrons. The second kappa shape index (κ2) is 9.15. The average molecular weight is 315 g/mol. The van der Waals surface area contributed by atoms with Gasteiger partial charge in [-0.1, -0.05) is 25.5 Å². The predicted molar refractivity (Wildman–Crippen MR) is 82.7 cm³/mol. The molecule has 0 aliphatic rings. The van der Waals surface area contributed by atoms with E-state index in [2.05, 4.69) is 11.6 Å². The van der Waals surface area contributed by atoms with Crippen molar-refractivity contribution >= 4 is 10.0 Å². The molecule has 0 saturated carbocycles. The Bertz CT molecular complexity index is 493. The highest BCUT2D eigenvalue weighted by Crippen LogP contribution is 2.12. The molecule has 1 aromatic carbocycles. The van der Waals surface area contributed by atoms with Crippen molar-refractivity contribution in [3.05, 3.63) is 29.8 Å². The van der Waals surface area contributed by atoms with Gasteiger partial charge >= 0.3 is 0 Å². The number of sulfonamides is 1. The summed E-state index contributed by atoms with van der Waals surface area (Å²) in [6.07, 6.45) is 1.42. The minimum atomic E-state index is -3.53. The molecule has 1 N–H and O–H groups in total. The van der Waals surface area contributed by atoms with E-state index in [4.69, 9.17) is 9.47 Å². The highest BCUT2D eigenvalue weighted by atomic mass is 32.2. The molecule has 0 spiro atoms. The SMILES string of the molecule is CCCc1ccc(S(=O)(=O)NCC(OCC)OCC)cc1. The van der Waals surface area contributed by atoms with E-state index in [1.165, 1.54) is 0 Å². The lowest BCUT2D eigenvalue weighted by Crippen LogP contribution is -2.35. The number of hydrogen-bond donors (Lipinski definition) is 1. The quantitative estimate of drug-likeness (QED) is 0.673. The molecule has 120 valence electrons. The van der Waals surface area contributed by atoms with E-state index < -0.39 is 16.3 Å². The Morgan fingerprint density at radius 2 is 1.62 bits per heavy atom. The molecule has 5 nitrogen and oxygen atoms in total. The first-order chi connectivity index (χ1) is 10.0. The van der Waals surface area contributed by atoms with Crippen molar-refractivity contribution < 1.29 is 17.9 Å². The molecule has 21 heavy (non-hydrogen) atoms. The summed E-state index contributed by atoms with van der Waals surface area (Å²) < 4.78 is 37.5. The minimum absolute atomic E-state index is 0.0979. The Labute approximate surface area is 127 Å². The van der Waals surface area contributed by atoms with E-state index in [0.717, 1.165) is 18.4 Å². The van der Waals surface area contributed by atoms with Crippen LogP contribution in [0.4, 0.5) is 0 Å². The maximum absolute atomic E-state index is 12.2. The normalized spacial score (nSPS) is 12.0. The summed E-state index contributed by atoms with van der Waals surface area (Å²) in [5.41, 5.74) is 1.14. The fourth-order valence-electron chi connectivity index (χ4n) is 1.92. The first-order valence-corrected chi connectivity index (χ1v) is 8.83. The second-order valence-corrected chi connectivity index (χ2v) is 6.35. The van der Waals surface area contributed by atoms with Crippen molar-refractivity contribution in [3.63, 3.8) is 0 Å². The van der Waals surface area contributed by atoms with Crippen LogP contribution >= 0.6 is 0 Å². The van der Waals surface area contributed by atoms with Crippen molar-refractivity contribution in [2.75, 3.05) is 19.8 Å². The molecule has 0 aliphatic carbocycles. The Hall–Kier alpha value is -0.950. The standard InChI is InChI=1S/C15H25NO4S/c1-4-7-13-8-10-14(11-9-13)21(17,18)16-12-15(19-5-2)20-6-3/h8-11,15-16H,4-7,12H2,1-3H3. The second-order valence-electron chi connectivity index (χ2n) is 4.59. The average Bonchev–Trinajstić information content (AvgIpc) is 2.46. The van der Waals surface area contributed by atoms with Crippen LogP contribution in [0.1, 0.15) is 32.8 Å². The third-order valence-corrected chi connectivity index (χ3v) is 4.36. The molecule has 0 bridgehead atoms. The third-order valence-electron chi connectivity index (χ3n) is 2.92. The molecule has 0 saturated heterocycles. The number of ether oxygens (including phenoxy) is 2. The van der Waals surface area contributed by atoms with Gasteiger partial charge < -0.3 is 9.47 Å². The molecule has 0 amide bonds. The maximum Gasteiger partial charge on any atom is 0.240 e. The summed E-state index contributed by atoms with van der Waals surface area (Å²) in [6, 6.07) is 6.95. The topological polar surface area (TPSA) is 64.6 Å². The zero-order valence-electron chi connectivity index (χ0n) is 13.0. The van der Waals surface area contributed by atoms with Crippen LogP contribution in [0.25, 0.3) is 0 Å². The lowest BCUT2D eigenvalue weighted by Gasteiger charge is -2.17. The molecule has 0 atom stereocenters. The van der Waals surface area contributed by atoms with Gasteiger partial charge in [-0.05, 0) is 38.0 Å². The molecule has 0 heterocycles. The van der Waals surface area contributed by atoms with Gasteiger partial charge in [0.1, 0.15) is 0 Å². The zero-order valence-corrected chi connectivity index (χ0v) is 13.8. The van der Waals surface area contributed by atoms with E-state index in [-0.39, 0.29) is 11.4 Å². The van der Waals surface area contributed by atoms with Crippen molar-refractivity contribution in [1.82, 2.24) is 4.72 Å². The van der Waals surface area contributed by atoms with Crippen LogP contribution in [0.15, 0.2) is 29.2 Å². The largest absolute Gasteiger partial charge is 0.352 e. The fourth-order valence-corrected chi connectivity index (χ4v) is 2.94. The first kappa shape index (κ1) is 18.1. The Morgan fingerprint density at radius 3 is 2.10 bits per heavy atom. The van der Waals surface area contributed by atoms with E-state index >= 15 is 0 Å². The highest BCUT2D eigenvalue weighted by Gasteiger charge is 2.17. The summed E-state index contributed by atoms with van der Waals surface area (Å²) in [6.45, 7) is 6.81. The molecule has 0 unspecified atom stereocenters. The minimum Gasteiger partial charge on any atom is -0.352 e. The summed E-state index contributed by atoms with van der Waals surface area (Å²) in [5, 5.41) is 0. The van der Waals surface area contributed by atoms with Gasteiger partial charge in [0.25, 0.3) is 0 Å². The molecule has 6 heteroatoms. The number of benzene rings is 1. The van der Waals surface area contributed by atoms with E-state index in [9.17, 15) is 8.42 Å². The number of rotatable bonds is 10. The summed E-state index contributed by atoms with van der Waals surface area (Å²) in [5.74, 6) is 0. The zero-order chi connectivity index (χ0) is 15.7. The predicted octanol–water partition coefficient (Wildman–Crippen LogP) is 2.32. The maximum atomic E-state index is 12.2. The Balaban J connectivity index is 2.67. The van der Waals surface area contributed by atoms with Crippen LogP contribution in [0.3, 0.4) is 0 Å². The van der Waals surface area contributed by atoms with Gasteiger partial charge in [0, 0.05) is 13.2 Å². The van der Waals surface area contributed by atoms with Crippen LogP contribution in [-0.4, -0.2) is 34.5 Å². The van der Waals surface area contributed by atoms with Gasteiger partial charge in [-0.15, -0.1) is 0 Å². The summed E-state index contributed by atoms with van der Waals surface area (Å²) >= 11 is 0. The smallest absolute Gasteiger partial charge is 0.240 e. The van der Waals surface area contributed by atoms with Gasteiger partial charge in [0.15, 0.2) is 6.29 Å². The summed E-state index contributed by atoms with van der Waals surface area (Å²) in [7, 11) is -3.53. The highest BCUT2D eigenvalue weighted by molar-refractivity contribution is 7.89. The molecular formula is C15H25NO4S. The van der Waals surface area contributed by atoms with Gasteiger partial charge in [-0.25, -0.2) is 13.1 Å². The van der Waals surface area contributed by atoms with Crippen molar-refractivity contribution in [1.29, 1.82) is 0 Å². The molecule has 0 aliphatic heterocycles. The number of aryl methyl sites for hydroxylation is 1. The van der Waals surface area contributed by atoms with Crippen LogP contribution < -0.4 is 4.72 Å². The van der Waals surface area contributed by atoms with Crippen molar-refractivity contribution in [2.45, 2.75) is 44.8 Å². The molecule has 1 aromatic rings. The number of nitrogens with one attached hydrogen (secondary N) is 1. The van der Waals surface area contributed by atoms with Gasteiger partial charge in [0.2, 0.25) is 10.0 Å². The third kappa shape index (κ3) is 6.13. The first-order valence-electron chi connectivity index (χ1n) is 7.35. The molecule has 0 fully saturated rings. The Kier molecular flexibility index (Phi) is 7.88. The van der Waals surface area contributed by atoms with Crippen molar-refractivity contribution in [2.24, 2.45) is 0 Å². The molecule has 1 rings (SSSR count). The lowest BCUT2D eigenvalue weighted by molar-refractivity contribution is -0.130. The van der Waals surface area contributed by atoms with E-state index in [1.807, 2.05) is 26.0 Å². The van der Waals surface area contributed by atoms with Crippen LogP contribution in [0.2, 0.25) is 0 Å². The Morgan fingerprint density at radius 1 is 1.05 bits per heavy atom. The van der Waals surface area contributed by atoms with Crippen LogP contribution in [-0.2, 0) is 25.9 Å². The van der Waals surface area contributed by atoms with E-state index in [1.54, 1.807) is 12.1 Å². The van der Waals surface area contributed by atoms with E-state index in [0.29, 0.717) is 13.2 Å². The van der Waals surface area contributed by atoms with Crippen LogP contribution in [0, 0.1) is 0 Å². The fraction of sp³-hybridized carbons (Fsp3) is 0.600. The molecular weight excluding hydrogens is 290 g/mol. The summed E-state index contributed by atoms with van der Waals surface area (Å²) in [4.78, 5) is 0.258. The number of hydrogen-bond acceptors (Lipinski definition) is 4. The monoisotopic (exact) mass is 315 g/mol. The van der Waals surface area contributed by atoms with Crippen molar-refractivity contribution in [3.8, 4) is 0 Å².